The van der Waals surface area contributed by atoms with Crippen molar-refractivity contribution >= 4 is 38.4 Å². The monoisotopic (exact) mass is 294 g/mol. The lowest BCUT2D eigenvalue weighted by molar-refractivity contribution is 0.341. The summed E-state index contributed by atoms with van der Waals surface area (Å²) in [7, 11) is 0. The fourth-order valence-electron chi connectivity index (χ4n) is 2.24. The molecule has 1 unspecified atom stereocenters. The molecule has 102 valence electrons. The number of thioether (sulfide) groups is 1. The molecule has 0 radical (unpaired) electrons. The van der Waals surface area contributed by atoms with Gasteiger partial charge in [-0.25, -0.2) is 4.98 Å². The van der Waals surface area contributed by atoms with Crippen LogP contribution >= 0.6 is 23.1 Å². The maximum absolute atomic E-state index is 5.52. The average Bonchev–Trinajstić information content (AvgIpc) is 3.05. The average molecular weight is 294 g/mol. The van der Waals surface area contributed by atoms with Crippen LogP contribution in [0.25, 0.3) is 10.2 Å². The first kappa shape index (κ1) is 13.1. The van der Waals surface area contributed by atoms with Gasteiger partial charge in [0.15, 0.2) is 5.13 Å². The summed E-state index contributed by atoms with van der Waals surface area (Å²) in [5, 5.41) is 5.25. The predicted molar refractivity (Wildman–Crippen MR) is 84.8 cm³/mol. The quantitative estimate of drug-likeness (QED) is 0.903. The fraction of sp³-hybridized carbons (Fsp3) is 0.500. The molecule has 1 aliphatic rings. The molecule has 1 fully saturated rings. The van der Waals surface area contributed by atoms with Crippen molar-refractivity contribution < 1.29 is 4.74 Å². The molecule has 0 saturated carbocycles. The zero-order valence-electron chi connectivity index (χ0n) is 11.0. The molecule has 2 heterocycles. The molecule has 3 rings (SSSR count). The largest absolute Gasteiger partial charge is 0.494 e. The van der Waals surface area contributed by atoms with Crippen LogP contribution in [0.5, 0.6) is 5.75 Å². The summed E-state index contributed by atoms with van der Waals surface area (Å²) < 4.78 is 6.71. The van der Waals surface area contributed by atoms with Crippen molar-refractivity contribution in [1.82, 2.24) is 4.98 Å². The van der Waals surface area contributed by atoms with E-state index in [9.17, 15) is 0 Å². The molecular formula is C14H18N2OS2. The minimum atomic E-state index is 0.703. The summed E-state index contributed by atoms with van der Waals surface area (Å²) in [6, 6.07) is 6.10. The number of ether oxygens (including phenoxy) is 1. The van der Waals surface area contributed by atoms with Crippen molar-refractivity contribution in [3.63, 3.8) is 0 Å². The van der Waals surface area contributed by atoms with Crippen LogP contribution in [0.2, 0.25) is 0 Å². The van der Waals surface area contributed by atoms with Crippen molar-refractivity contribution in [3.8, 4) is 5.75 Å². The van der Waals surface area contributed by atoms with Crippen LogP contribution in [-0.4, -0.2) is 29.1 Å². The van der Waals surface area contributed by atoms with Gasteiger partial charge in [0.25, 0.3) is 0 Å². The van der Waals surface area contributed by atoms with Crippen LogP contribution in [0, 0.1) is 0 Å². The van der Waals surface area contributed by atoms with E-state index in [0.29, 0.717) is 6.61 Å². The number of hydrogen-bond acceptors (Lipinski definition) is 5. The van der Waals surface area contributed by atoms with E-state index >= 15 is 0 Å². The number of thiazole rings is 1. The van der Waals surface area contributed by atoms with Gasteiger partial charge in [-0.3, -0.25) is 0 Å². The summed E-state index contributed by atoms with van der Waals surface area (Å²) in [5.74, 6) is 2.24. The number of aromatic nitrogens is 1. The summed E-state index contributed by atoms with van der Waals surface area (Å²) >= 11 is 3.78. The van der Waals surface area contributed by atoms with E-state index in [4.69, 9.17) is 4.74 Å². The Kier molecular flexibility index (Phi) is 4.13. The predicted octanol–water partition coefficient (Wildman–Crippen LogP) is 4.00. The molecule has 3 nitrogen and oxygen atoms in total. The second kappa shape index (κ2) is 6.01. The molecule has 0 aliphatic carbocycles. The van der Waals surface area contributed by atoms with Crippen LogP contribution in [-0.2, 0) is 0 Å². The lowest BCUT2D eigenvalue weighted by Crippen LogP contribution is -2.13. The zero-order valence-corrected chi connectivity index (χ0v) is 12.6. The van der Waals surface area contributed by atoms with Gasteiger partial charge in [-0.15, -0.1) is 0 Å². The molecule has 0 spiro atoms. The van der Waals surface area contributed by atoms with Crippen molar-refractivity contribution in [2.24, 2.45) is 0 Å². The molecule has 0 bridgehead atoms. The highest BCUT2D eigenvalue weighted by Crippen LogP contribution is 2.31. The van der Waals surface area contributed by atoms with E-state index < -0.39 is 0 Å². The third-order valence-electron chi connectivity index (χ3n) is 3.18. The summed E-state index contributed by atoms with van der Waals surface area (Å²) in [6.45, 7) is 3.74. The molecule has 2 aromatic rings. The summed E-state index contributed by atoms with van der Waals surface area (Å²) in [5.41, 5.74) is 1.05. The topological polar surface area (TPSA) is 34.1 Å². The van der Waals surface area contributed by atoms with E-state index in [1.54, 1.807) is 11.3 Å². The number of fused-ring (bicyclic) bond motifs is 1. The molecule has 1 aliphatic heterocycles. The Balaban J connectivity index is 1.69. The van der Waals surface area contributed by atoms with E-state index in [0.717, 1.165) is 28.2 Å². The van der Waals surface area contributed by atoms with Gasteiger partial charge >= 0.3 is 0 Å². The molecule has 5 heteroatoms. The maximum atomic E-state index is 5.52. The number of benzene rings is 1. The SMILES string of the molecule is CCOc1ccc2nc(NCC3CCCS3)sc2c1. The highest BCUT2D eigenvalue weighted by atomic mass is 32.2. The van der Waals surface area contributed by atoms with Crippen LogP contribution in [0.4, 0.5) is 5.13 Å². The second-order valence-corrected chi connectivity index (χ2v) is 7.04. The van der Waals surface area contributed by atoms with E-state index in [-0.39, 0.29) is 0 Å². The highest BCUT2D eigenvalue weighted by molar-refractivity contribution is 8.00. The maximum Gasteiger partial charge on any atom is 0.183 e. The summed E-state index contributed by atoms with van der Waals surface area (Å²) in [4.78, 5) is 4.62. The molecule has 1 saturated heterocycles. The summed E-state index contributed by atoms with van der Waals surface area (Å²) in [6.07, 6.45) is 2.69. The van der Waals surface area contributed by atoms with Crippen molar-refractivity contribution in [3.05, 3.63) is 18.2 Å². The first-order chi connectivity index (χ1) is 9.35. The normalized spacial score (nSPS) is 18.9. The smallest absolute Gasteiger partial charge is 0.183 e. The van der Waals surface area contributed by atoms with Gasteiger partial charge in [0.2, 0.25) is 0 Å². The lowest BCUT2D eigenvalue weighted by atomic mass is 10.2. The molecule has 1 aromatic carbocycles. The lowest BCUT2D eigenvalue weighted by Gasteiger charge is -2.07. The van der Waals surface area contributed by atoms with Gasteiger partial charge in [0.1, 0.15) is 5.75 Å². The van der Waals surface area contributed by atoms with Crippen molar-refractivity contribution in [2.45, 2.75) is 25.0 Å². The number of nitrogens with zero attached hydrogens (tertiary/aromatic N) is 1. The van der Waals surface area contributed by atoms with Crippen LogP contribution in [0.1, 0.15) is 19.8 Å². The Bertz CT molecular complexity index is 549. The Morgan fingerprint density at radius 1 is 1.47 bits per heavy atom. The first-order valence-corrected chi connectivity index (χ1v) is 8.60. The first-order valence-electron chi connectivity index (χ1n) is 6.74. The minimum absolute atomic E-state index is 0.703. The van der Waals surface area contributed by atoms with E-state index in [1.165, 1.54) is 23.3 Å². The van der Waals surface area contributed by atoms with Crippen molar-refractivity contribution in [2.75, 3.05) is 24.2 Å². The van der Waals surface area contributed by atoms with Gasteiger partial charge < -0.3 is 10.1 Å². The minimum Gasteiger partial charge on any atom is -0.494 e. The molecular weight excluding hydrogens is 276 g/mol. The zero-order chi connectivity index (χ0) is 13.1. The van der Waals surface area contributed by atoms with E-state index in [2.05, 4.69) is 28.1 Å². The standard InChI is InChI=1S/C14H18N2OS2/c1-2-17-10-5-6-12-13(8-10)19-14(16-12)15-9-11-4-3-7-18-11/h5-6,8,11H,2-4,7,9H2,1H3,(H,15,16). The Hall–Kier alpha value is -0.940. The molecule has 1 N–H and O–H groups in total. The van der Waals surface area contributed by atoms with Crippen molar-refractivity contribution in [1.29, 1.82) is 0 Å². The Labute approximate surface area is 121 Å². The third kappa shape index (κ3) is 3.15. The van der Waals surface area contributed by atoms with Gasteiger partial charge in [-0.05, 0) is 43.7 Å². The van der Waals surface area contributed by atoms with Gasteiger partial charge in [0, 0.05) is 11.8 Å². The number of hydrogen-bond donors (Lipinski definition) is 1. The Morgan fingerprint density at radius 2 is 2.42 bits per heavy atom. The third-order valence-corrected chi connectivity index (χ3v) is 5.55. The highest BCUT2D eigenvalue weighted by Gasteiger charge is 2.15. The molecule has 1 atom stereocenters. The Morgan fingerprint density at radius 3 is 3.21 bits per heavy atom. The second-order valence-electron chi connectivity index (χ2n) is 4.60. The van der Waals surface area contributed by atoms with Crippen LogP contribution in [0.15, 0.2) is 18.2 Å². The van der Waals surface area contributed by atoms with Crippen LogP contribution in [0.3, 0.4) is 0 Å². The number of nitrogens with one attached hydrogen (secondary N) is 1. The van der Waals surface area contributed by atoms with E-state index in [1.807, 2.05) is 19.1 Å². The van der Waals surface area contributed by atoms with Crippen LogP contribution < -0.4 is 10.1 Å². The van der Waals surface area contributed by atoms with Gasteiger partial charge in [-0.1, -0.05) is 11.3 Å². The fourth-order valence-corrected chi connectivity index (χ4v) is 4.35. The molecule has 1 aromatic heterocycles. The number of rotatable bonds is 5. The van der Waals surface area contributed by atoms with Gasteiger partial charge in [0.05, 0.1) is 16.8 Å². The number of anilines is 1. The van der Waals surface area contributed by atoms with Gasteiger partial charge in [-0.2, -0.15) is 11.8 Å². The molecule has 19 heavy (non-hydrogen) atoms. The molecule has 0 amide bonds.